The van der Waals surface area contributed by atoms with Gasteiger partial charge in [0.2, 0.25) is 5.95 Å². The lowest BCUT2D eigenvalue weighted by Gasteiger charge is -2.21. The van der Waals surface area contributed by atoms with Crippen molar-refractivity contribution in [3.8, 4) is 0 Å². The summed E-state index contributed by atoms with van der Waals surface area (Å²) < 4.78 is 54.9. The van der Waals surface area contributed by atoms with Crippen LogP contribution in [-0.4, -0.2) is 44.1 Å². The zero-order chi connectivity index (χ0) is 20.0. The molecule has 0 bridgehead atoms. The highest BCUT2D eigenvalue weighted by Gasteiger charge is 2.36. The molecule has 1 aromatic carbocycles. The van der Waals surface area contributed by atoms with Crippen LogP contribution in [0.1, 0.15) is 10.4 Å². The van der Waals surface area contributed by atoms with Gasteiger partial charge in [-0.2, -0.15) is 8.78 Å². The molecule has 13 heteroatoms. The van der Waals surface area contributed by atoms with Gasteiger partial charge >= 0.3 is 18.6 Å². The normalized spacial score (nSPS) is 11.1. The van der Waals surface area contributed by atoms with Gasteiger partial charge in [-0.05, 0) is 18.2 Å². The summed E-state index contributed by atoms with van der Waals surface area (Å²) in [5.74, 6) is -1.65. The number of nitrogens with one attached hydrogen (secondary N) is 1. The molecule has 0 unspecified atom stereocenters. The Morgan fingerprint density at radius 2 is 1.78 bits per heavy atom. The van der Waals surface area contributed by atoms with Crippen LogP contribution in [-0.2, 0) is 19.6 Å². The number of sulfonamides is 1. The summed E-state index contributed by atoms with van der Waals surface area (Å²) in [6.45, 7) is -3.41. The minimum absolute atomic E-state index is 0.0167. The van der Waals surface area contributed by atoms with Crippen LogP contribution in [0.15, 0.2) is 47.6 Å². The molecule has 0 radical (unpaired) electrons. The van der Waals surface area contributed by atoms with Crippen molar-refractivity contribution in [3.05, 3.63) is 48.3 Å². The van der Waals surface area contributed by atoms with Gasteiger partial charge in [-0.1, -0.05) is 12.1 Å². The Kier molecular flexibility index (Phi) is 6.31. The van der Waals surface area contributed by atoms with E-state index in [0.717, 1.165) is 31.6 Å². The molecule has 2 rings (SSSR count). The molecule has 0 aliphatic rings. The first-order valence-electron chi connectivity index (χ1n) is 7.02. The molecule has 0 saturated carbocycles. The fraction of sp³-hybridized carbons (Fsp3) is 0.143. The number of amides is 2. The van der Waals surface area contributed by atoms with Gasteiger partial charge in [0.05, 0.1) is 12.7 Å². The van der Waals surface area contributed by atoms with Gasteiger partial charge in [0.15, 0.2) is 0 Å². The van der Waals surface area contributed by atoms with E-state index in [1.54, 1.807) is 0 Å². The number of benzene rings is 1. The molecule has 10 nitrogen and oxygen atoms in total. The summed E-state index contributed by atoms with van der Waals surface area (Å²) in [6.07, 6.45) is 2.25. The molecule has 0 spiro atoms. The number of methoxy groups -OCH3 is 1. The second kappa shape index (κ2) is 8.46. The highest BCUT2D eigenvalue weighted by Crippen LogP contribution is 2.24. The number of nitrogens with zero attached hydrogens (tertiary/aromatic N) is 3. The largest absolute Gasteiger partial charge is 0.465 e. The molecule has 2 amide bonds. The number of urea groups is 1. The molecule has 0 fully saturated rings. The molecule has 0 aliphatic carbocycles. The van der Waals surface area contributed by atoms with E-state index in [9.17, 15) is 26.8 Å². The Morgan fingerprint density at radius 1 is 1.15 bits per heavy atom. The van der Waals surface area contributed by atoms with Crippen molar-refractivity contribution in [2.24, 2.45) is 0 Å². The topological polar surface area (TPSA) is 128 Å². The number of halogens is 2. The van der Waals surface area contributed by atoms with Crippen LogP contribution in [0.5, 0.6) is 0 Å². The van der Waals surface area contributed by atoms with Gasteiger partial charge in [0, 0.05) is 12.4 Å². The molecule has 2 aromatic rings. The van der Waals surface area contributed by atoms with Crippen LogP contribution in [0.25, 0.3) is 0 Å². The van der Waals surface area contributed by atoms with Crippen LogP contribution in [0.2, 0.25) is 0 Å². The maximum absolute atomic E-state index is 13.0. The number of anilines is 1. The maximum atomic E-state index is 13.0. The Labute approximate surface area is 151 Å². The molecule has 0 saturated heterocycles. The first-order valence-corrected chi connectivity index (χ1v) is 8.46. The molecule has 1 N–H and O–H groups in total. The van der Waals surface area contributed by atoms with Crippen molar-refractivity contribution in [1.29, 1.82) is 0 Å². The average molecular weight is 402 g/mol. The van der Waals surface area contributed by atoms with Crippen molar-refractivity contribution in [2.75, 3.05) is 11.4 Å². The van der Waals surface area contributed by atoms with Crippen LogP contribution >= 0.6 is 0 Å². The first kappa shape index (κ1) is 20.1. The van der Waals surface area contributed by atoms with Gasteiger partial charge < -0.3 is 4.74 Å². The number of alkyl halides is 2. The molecule has 1 aromatic heterocycles. The van der Waals surface area contributed by atoms with E-state index in [1.807, 2.05) is 0 Å². The number of hydroxylamine groups is 1. The third-order valence-corrected chi connectivity index (χ3v) is 4.69. The summed E-state index contributed by atoms with van der Waals surface area (Å²) in [7, 11) is -3.78. The first-order chi connectivity index (χ1) is 12.8. The third kappa shape index (κ3) is 4.51. The summed E-state index contributed by atoms with van der Waals surface area (Å²) >= 11 is 0. The van der Waals surface area contributed by atoms with Crippen molar-refractivity contribution < 1.29 is 36.4 Å². The molecular formula is C14H12F2N4O6S. The van der Waals surface area contributed by atoms with E-state index in [4.69, 9.17) is 0 Å². The number of rotatable bonds is 6. The average Bonchev–Trinajstić information content (AvgIpc) is 2.66. The number of ether oxygens (including phenoxy) is 1. The van der Waals surface area contributed by atoms with E-state index in [1.165, 1.54) is 23.7 Å². The molecule has 27 heavy (non-hydrogen) atoms. The van der Waals surface area contributed by atoms with E-state index in [2.05, 4.69) is 19.5 Å². The Balaban J connectivity index is 2.58. The predicted octanol–water partition coefficient (Wildman–Crippen LogP) is 1.32. The van der Waals surface area contributed by atoms with Crippen molar-refractivity contribution in [1.82, 2.24) is 15.4 Å². The van der Waals surface area contributed by atoms with E-state index in [-0.39, 0.29) is 9.87 Å². The summed E-state index contributed by atoms with van der Waals surface area (Å²) in [6, 6.07) is 4.55. The van der Waals surface area contributed by atoms with Gasteiger partial charge in [-0.15, -0.1) is 4.31 Å². The van der Waals surface area contributed by atoms with Gasteiger partial charge in [-0.25, -0.2) is 38.3 Å². The summed E-state index contributed by atoms with van der Waals surface area (Å²) in [4.78, 5) is 34.3. The minimum Gasteiger partial charge on any atom is -0.465 e. The second-order valence-electron chi connectivity index (χ2n) is 4.59. The summed E-state index contributed by atoms with van der Waals surface area (Å²) in [5, 5.41) is 0. The molecule has 0 atom stereocenters. The quantitative estimate of drug-likeness (QED) is 0.566. The second-order valence-corrected chi connectivity index (χ2v) is 6.35. The lowest BCUT2D eigenvalue weighted by atomic mass is 10.2. The minimum atomic E-state index is -4.82. The fourth-order valence-corrected chi connectivity index (χ4v) is 3.35. The van der Waals surface area contributed by atoms with Gasteiger partial charge in [0.25, 0.3) is 10.0 Å². The maximum Gasteiger partial charge on any atom is 0.364 e. The monoisotopic (exact) mass is 402 g/mol. The number of carbonyl (C=O) groups excluding carboxylic acids is 2. The van der Waals surface area contributed by atoms with E-state index in [0.29, 0.717) is 0 Å². The van der Waals surface area contributed by atoms with E-state index >= 15 is 0 Å². The number of carbonyl (C=O) groups is 2. The Bertz CT molecular complexity index is 926. The number of hydrogen-bond donors (Lipinski definition) is 1. The molecular weight excluding hydrogens is 390 g/mol. The van der Waals surface area contributed by atoms with Crippen LogP contribution in [0.4, 0.5) is 19.5 Å². The highest BCUT2D eigenvalue weighted by molar-refractivity contribution is 7.93. The zero-order valence-corrected chi connectivity index (χ0v) is 14.4. The molecule has 144 valence electrons. The fourth-order valence-electron chi connectivity index (χ4n) is 1.91. The number of hydrogen-bond acceptors (Lipinski definition) is 8. The van der Waals surface area contributed by atoms with Crippen LogP contribution < -0.4 is 9.79 Å². The highest BCUT2D eigenvalue weighted by atomic mass is 32.2. The number of esters is 1. The lowest BCUT2D eigenvalue weighted by Crippen LogP contribution is -2.45. The van der Waals surface area contributed by atoms with Crippen molar-refractivity contribution in [3.63, 3.8) is 0 Å². The zero-order valence-electron chi connectivity index (χ0n) is 13.6. The van der Waals surface area contributed by atoms with Crippen LogP contribution in [0, 0.1) is 0 Å². The standard InChI is InChI=1S/C14H12F2N4O6S/c1-25-11(21)9-5-2-3-6-10(9)27(23,24)20(13-17-7-4-8-18-13)14(22)19-26-12(15)16/h2-8,12H,1H3,(H,19,22). The smallest absolute Gasteiger partial charge is 0.364 e. The third-order valence-electron chi connectivity index (χ3n) is 2.96. The summed E-state index contributed by atoms with van der Waals surface area (Å²) in [5.41, 5.74) is 0.895. The van der Waals surface area contributed by atoms with Crippen molar-refractivity contribution in [2.45, 2.75) is 11.5 Å². The predicted molar refractivity (Wildman–Crippen MR) is 85.1 cm³/mol. The molecule has 1 heterocycles. The van der Waals surface area contributed by atoms with Crippen LogP contribution in [0.3, 0.4) is 0 Å². The van der Waals surface area contributed by atoms with Gasteiger partial charge in [-0.3, -0.25) is 0 Å². The number of aromatic nitrogens is 2. The van der Waals surface area contributed by atoms with Gasteiger partial charge in [0.1, 0.15) is 4.90 Å². The lowest BCUT2D eigenvalue weighted by molar-refractivity contribution is -0.158. The van der Waals surface area contributed by atoms with E-state index < -0.39 is 39.5 Å². The SMILES string of the molecule is COC(=O)c1ccccc1S(=O)(=O)N(C(=O)NOC(F)F)c1ncccn1. The Morgan fingerprint density at radius 3 is 2.37 bits per heavy atom. The molecule has 0 aliphatic heterocycles. The Hall–Kier alpha value is -3.19. The van der Waals surface area contributed by atoms with Crippen molar-refractivity contribution >= 4 is 28.0 Å².